The quantitative estimate of drug-likeness (QED) is 0.911. The molecule has 0 amide bonds. The number of thiophene rings is 1. The van der Waals surface area contributed by atoms with E-state index in [0.717, 1.165) is 4.88 Å². The van der Waals surface area contributed by atoms with Crippen LogP contribution in [0.25, 0.3) is 0 Å². The fourth-order valence-corrected chi connectivity index (χ4v) is 3.08. The molecule has 3 nitrogen and oxygen atoms in total. The zero-order valence-electron chi connectivity index (χ0n) is 10.8. The van der Waals surface area contributed by atoms with E-state index < -0.39 is 11.8 Å². The van der Waals surface area contributed by atoms with Gasteiger partial charge in [0.05, 0.1) is 9.90 Å². The third-order valence-corrected chi connectivity index (χ3v) is 4.02. The maximum Gasteiger partial charge on any atom is 0.338 e. The van der Waals surface area contributed by atoms with Gasteiger partial charge in [0.1, 0.15) is 5.82 Å². The number of benzene rings is 1. The predicted octanol–water partition coefficient (Wildman–Crippen LogP) is 3.87. The monoisotopic (exact) mass is 313 g/mol. The molecule has 0 atom stereocenters. The van der Waals surface area contributed by atoms with Gasteiger partial charge in [-0.25, -0.2) is 9.18 Å². The molecule has 0 aliphatic rings. The number of hydrogen-bond donors (Lipinski definition) is 1. The predicted molar refractivity (Wildman–Crippen MR) is 77.9 cm³/mol. The molecule has 2 aromatic rings. The molecule has 1 aromatic heterocycles. The van der Waals surface area contributed by atoms with Crippen LogP contribution >= 0.6 is 22.9 Å². The average Bonchev–Trinajstić information content (AvgIpc) is 2.77. The Hall–Kier alpha value is -1.43. The Kier molecular flexibility index (Phi) is 4.75. The smallest absolute Gasteiger partial charge is 0.338 e. The number of halogens is 2. The summed E-state index contributed by atoms with van der Waals surface area (Å²) in [4.78, 5) is 13.9. The van der Waals surface area contributed by atoms with E-state index in [2.05, 4.69) is 0 Å². The van der Waals surface area contributed by atoms with Crippen LogP contribution in [0.5, 0.6) is 0 Å². The number of aromatic carboxylic acids is 1. The highest BCUT2D eigenvalue weighted by molar-refractivity contribution is 7.16. The standard InChI is InChI=1S/C14H13ClFNO2S/c1-17(8-10-5-6-12(15)20-10)7-9-3-2-4-11(13(9)16)14(18)19/h2-6H,7-8H2,1H3,(H,18,19). The number of nitrogens with zero attached hydrogens (tertiary/aromatic N) is 1. The van der Waals surface area contributed by atoms with Crippen molar-refractivity contribution in [3.8, 4) is 0 Å². The van der Waals surface area contributed by atoms with Crippen molar-refractivity contribution in [1.82, 2.24) is 4.90 Å². The Morgan fingerprint density at radius 3 is 2.70 bits per heavy atom. The molecule has 1 heterocycles. The fourth-order valence-electron chi connectivity index (χ4n) is 1.92. The molecule has 0 spiro atoms. The third kappa shape index (κ3) is 3.56. The van der Waals surface area contributed by atoms with Gasteiger partial charge in [0.15, 0.2) is 0 Å². The number of hydrogen-bond acceptors (Lipinski definition) is 3. The van der Waals surface area contributed by atoms with Gasteiger partial charge in [0.2, 0.25) is 0 Å². The van der Waals surface area contributed by atoms with Gasteiger partial charge in [-0.05, 0) is 25.2 Å². The van der Waals surface area contributed by atoms with Crippen molar-refractivity contribution >= 4 is 28.9 Å². The summed E-state index contributed by atoms with van der Waals surface area (Å²) in [6.07, 6.45) is 0. The number of carboxylic acids is 1. The molecule has 20 heavy (non-hydrogen) atoms. The highest BCUT2D eigenvalue weighted by Gasteiger charge is 2.15. The normalized spacial score (nSPS) is 11.0. The van der Waals surface area contributed by atoms with Crippen molar-refractivity contribution in [3.63, 3.8) is 0 Å². The molecule has 106 valence electrons. The first-order valence-electron chi connectivity index (χ1n) is 5.91. The van der Waals surface area contributed by atoms with Crippen LogP contribution in [0, 0.1) is 5.82 Å². The Morgan fingerprint density at radius 1 is 1.35 bits per heavy atom. The van der Waals surface area contributed by atoms with Gasteiger partial charge in [-0.1, -0.05) is 23.7 Å². The minimum atomic E-state index is -1.25. The lowest BCUT2D eigenvalue weighted by atomic mass is 10.1. The molecule has 1 aromatic carbocycles. The van der Waals surface area contributed by atoms with Crippen molar-refractivity contribution in [2.24, 2.45) is 0 Å². The lowest BCUT2D eigenvalue weighted by molar-refractivity contribution is 0.0691. The van der Waals surface area contributed by atoms with E-state index in [-0.39, 0.29) is 5.56 Å². The molecule has 0 aliphatic carbocycles. The van der Waals surface area contributed by atoms with E-state index in [0.29, 0.717) is 23.0 Å². The van der Waals surface area contributed by atoms with Crippen LogP contribution in [0.2, 0.25) is 4.34 Å². The molecule has 1 N–H and O–H groups in total. The van der Waals surface area contributed by atoms with E-state index in [9.17, 15) is 9.18 Å². The maximum atomic E-state index is 14.0. The summed E-state index contributed by atoms with van der Waals surface area (Å²) < 4.78 is 14.7. The average molecular weight is 314 g/mol. The molecule has 0 fully saturated rings. The molecular weight excluding hydrogens is 301 g/mol. The molecule has 0 aliphatic heterocycles. The summed E-state index contributed by atoms with van der Waals surface area (Å²) in [6, 6.07) is 8.16. The van der Waals surface area contributed by atoms with E-state index in [4.69, 9.17) is 16.7 Å². The second-order valence-corrected chi connectivity index (χ2v) is 6.26. The van der Waals surface area contributed by atoms with E-state index in [1.165, 1.54) is 17.4 Å². The summed E-state index contributed by atoms with van der Waals surface area (Å²) in [6.45, 7) is 0.969. The van der Waals surface area contributed by atoms with Gasteiger partial charge in [-0.2, -0.15) is 0 Å². The summed E-state index contributed by atoms with van der Waals surface area (Å²) in [5.74, 6) is -1.92. The lowest BCUT2D eigenvalue weighted by Crippen LogP contribution is -2.18. The third-order valence-electron chi connectivity index (χ3n) is 2.80. The van der Waals surface area contributed by atoms with E-state index >= 15 is 0 Å². The van der Waals surface area contributed by atoms with E-state index in [1.807, 2.05) is 24.1 Å². The van der Waals surface area contributed by atoms with Gasteiger partial charge in [-0.15, -0.1) is 11.3 Å². The highest BCUT2D eigenvalue weighted by atomic mass is 35.5. The second-order valence-electron chi connectivity index (χ2n) is 4.46. The van der Waals surface area contributed by atoms with Crippen LogP contribution in [-0.4, -0.2) is 23.0 Å². The van der Waals surface area contributed by atoms with Crippen LogP contribution in [0.4, 0.5) is 4.39 Å². The van der Waals surface area contributed by atoms with Gasteiger partial charge in [-0.3, -0.25) is 4.90 Å². The minimum Gasteiger partial charge on any atom is -0.478 e. The molecule has 6 heteroatoms. The van der Waals surface area contributed by atoms with Crippen LogP contribution < -0.4 is 0 Å². The number of rotatable bonds is 5. The highest BCUT2D eigenvalue weighted by Crippen LogP contribution is 2.23. The molecule has 0 radical (unpaired) electrons. The summed E-state index contributed by atoms with van der Waals surface area (Å²) in [5, 5.41) is 8.90. The number of carboxylic acid groups (broad SMARTS) is 1. The molecule has 2 rings (SSSR count). The Morgan fingerprint density at radius 2 is 2.10 bits per heavy atom. The molecular formula is C14H13ClFNO2S. The topological polar surface area (TPSA) is 40.5 Å². The summed E-state index contributed by atoms with van der Waals surface area (Å²) in [5.41, 5.74) is 0.0742. The van der Waals surface area contributed by atoms with Gasteiger partial charge >= 0.3 is 5.97 Å². The Balaban J connectivity index is 2.09. The molecule has 0 unspecified atom stereocenters. The van der Waals surface area contributed by atoms with Crippen molar-refractivity contribution in [3.05, 3.63) is 56.5 Å². The first-order chi connectivity index (χ1) is 9.47. The maximum absolute atomic E-state index is 14.0. The van der Waals surface area contributed by atoms with Gasteiger partial charge in [0.25, 0.3) is 0 Å². The number of carbonyl (C=O) groups is 1. The fraction of sp³-hybridized carbons (Fsp3) is 0.214. The zero-order valence-corrected chi connectivity index (χ0v) is 12.3. The van der Waals surface area contributed by atoms with Gasteiger partial charge < -0.3 is 5.11 Å². The largest absolute Gasteiger partial charge is 0.478 e. The van der Waals surface area contributed by atoms with Crippen molar-refractivity contribution in [2.45, 2.75) is 13.1 Å². The van der Waals surface area contributed by atoms with Crippen LogP contribution in [0.3, 0.4) is 0 Å². The lowest BCUT2D eigenvalue weighted by Gasteiger charge is -2.16. The first-order valence-corrected chi connectivity index (χ1v) is 7.10. The first kappa shape index (κ1) is 15.0. The minimum absolute atomic E-state index is 0.296. The summed E-state index contributed by atoms with van der Waals surface area (Å²) in [7, 11) is 1.85. The van der Waals surface area contributed by atoms with Gasteiger partial charge in [0, 0.05) is 23.5 Å². The van der Waals surface area contributed by atoms with Crippen LogP contribution in [-0.2, 0) is 13.1 Å². The van der Waals surface area contributed by atoms with Crippen LogP contribution in [0.15, 0.2) is 30.3 Å². The molecule has 0 bridgehead atoms. The summed E-state index contributed by atoms with van der Waals surface area (Å²) >= 11 is 7.33. The van der Waals surface area contributed by atoms with Crippen molar-refractivity contribution in [1.29, 1.82) is 0 Å². The van der Waals surface area contributed by atoms with Crippen molar-refractivity contribution in [2.75, 3.05) is 7.05 Å². The van der Waals surface area contributed by atoms with Crippen molar-refractivity contribution < 1.29 is 14.3 Å². The molecule has 0 saturated heterocycles. The zero-order chi connectivity index (χ0) is 14.7. The van der Waals surface area contributed by atoms with E-state index in [1.54, 1.807) is 12.1 Å². The Bertz CT molecular complexity index is 629. The molecule has 0 saturated carbocycles. The SMILES string of the molecule is CN(Cc1ccc(Cl)s1)Cc1cccc(C(=O)O)c1F. The van der Waals surface area contributed by atoms with Crippen LogP contribution in [0.1, 0.15) is 20.8 Å². The second kappa shape index (κ2) is 6.35. The Labute approximate surface area is 125 Å².